The standard InChI is InChI=1S/C12H13NO5/c1-16-8-5-3-7(4-6-8)9-10(11(14)17-2)18-12(15)13-9/h3-6,9-10H,1-2H3,(H,13,15). The van der Waals surface area contributed by atoms with E-state index in [9.17, 15) is 9.59 Å². The van der Waals surface area contributed by atoms with Gasteiger partial charge in [0.2, 0.25) is 6.10 Å². The first-order chi connectivity index (χ1) is 8.65. The van der Waals surface area contributed by atoms with E-state index in [0.717, 1.165) is 5.56 Å². The monoisotopic (exact) mass is 251 g/mol. The number of hydrogen-bond acceptors (Lipinski definition) is 5. The van der Waals surface area contributed by atoms with Gasteiger partial charge in [0.05, 0.1) is 14.2 Å². The van der Waals surface area contributed by atoms with E-state index in [-0.39, 0.29) is 0 Å². The number of nitrogens with one attached hydrogen (secondary N) is 1. The number of hydrogen-bond donors (Lipinski definition) is 1. The lowest BCUT2D eigenvalue weighted by molar-refractivity contribution is -0.149. The van der Waals surface area contributed by atoms with Gasteiger partial charge in [0.15, 0.2) is 0 Å². The molecule has 96 valence electrons. The topological polar surface area (TPSA) is 73.9 Å². The highest BCUT2D eigenvalue weighted by Gasteiger charge is 2.41. The van der Waals surface area contributed by atoms with E-state index in [0.29, 0.717) is 5.75 Å². The SMILES string of the molecule is COC(=O)C1OC(=O)NC1c1ccc(OC)cc1. The molecule has 0 radical (unpaired) electrons. The van der Waals surface area contributed by atoms with Gasteiger partial charge in [0, 0.05) is 0 Å². The quantitative estimate of drug-likeness (QED) is 0.812. The smallest absolute Gasteiger partial charge is 0.408 e. The number of rotatable bonds is 3. The highest BCUT2D eigenvalue weighted by molar-refractivity contribution is 5.83. The Morgan fingerprint density at radius 2 is 1.94 bits per heavy atom. The molecule has 0 aliphatic carbocycles. The van der Waals surface area contributed by atoms with Gasteiger partial charge in [-0.05, 0) is 17.7 Å². The number of ether oxygens (including phenoxy) is 3. The number of benzene rings is 1. The molecular weight excluding hydrogens is 238 g/mol. The van der Waals surface area contributed by atoms with Gasteiger partial charge in [-0.3, -0.25) is 0 Å². The van der Waals surface area contributed by atoms with Crippen LogP contribution in [-0.2, 0) is 14.3 Å². The molecule has 6 nitrogen and oxygen atoms in total. The van der Waals surface area contributed by atoms with E-state index < -0.39 is 24.2 Å². The Morgan fingerprint density at radius 3 is 2.50 bits per heavy atom. The molecule has 1 amide bonds. The van der Waals surface area contributed by atoms with E-state index in [4.69, 9.17) is 9.47 Å². The van der Waals surface area contributed by atoms with Crippen LogP contribution in [0.25, 0.3) is 0 Å². The summed E-state index contributed by atoms with van der Waals surface area (Å²) in [4.78, 5) is 22.7. The predicted molar refractivity (Wildman–Crippen MR) is 61.2 cm³/mol. The fraction of sp³-hybridized carbons (Fsp3) is 0.333. The molecule has 1 aliphatic rings. The normalized spacial score (nSPS) is 22.0. The number of esters is 1. The first-order valence-corrected chi connectivity index (χ1v) is 5.34. The molecular formula is C12H13NO5. The molecule has 6 heteroatoms. The van der Waals surface area contributed by atoms with Gasteiger partial charge in [-0.1, -0.05) is 12.1 Å². The fourth-order valence-corrected chi connectivity index (χ4v) is 1.79. The summed E-state index contributed by atoms with van der Waals surface area (Å²) in [5, 5.41) is 2.57. The zero-order valence-electron chi connectivity index (χ0n) is 10.0. The Bertz CT molecular complexity index is 456. The molecule has 1 saturated heterocycles. The van der Waals surface area contributed by atoms with Crippen molar-refractivity contribution < 1.29 is 23.8 Å². The second-order valence-corrected chi connectivity index (χ2v) is 3.74. The van der Waals surface area contributed by atoms with Gasteiger partial charge in [-0.15, -0.1) is 0 Å². The number of amides is 1. The van der Waals surface area contributed by atoms with Crippen LogP contribution in [0.4, 0.5) is 4.79 Å². The second kappa shape index (κ2) is 4.95. The van der Waals surface area contributed by atoms with Gasteiger partial charge in [-0.25, -0.2) is 9.59 Å². The van der Waals surface area contributed by atoms with Gasteiger partial charge in [0.25, 0.3) is 0 Å². The van der Waals surface area contributed by atoms with E-state index in [1.54, 1.807) is 31.4 Å². The summed E-state index contributed by atoms with van der Waals surface area (Å²) >= 11 is 0. The number of carbonyl (C=O) groups is 2. The highest BCUT2D eigenvalue weighted by Crippen LogP contribution is 2.27. The van der Waals surface area contributed by atoms with E-state index in [1.165, 1.54) is 7.11 Å². The molecule has 1 heterocycles. The number of methoxy groups -OCH3 is 2. The predicted octanol–water partition coefficient (Wildman–Crippen LogP) is 1.02. The summed E-state index contributed by atoms with van der Waals surface area (Å²) in [6.45, 7) is 0. The first-order valence-electron chi connectivity index (χ1n) is 5.34. The summed E-state index contributed by atoms with van der Waals surface area (Å²) in [5.74, 6) is 0.104. The minimum absolute atomic E-state index is 0.546. The maximum atomic E-state index is 11.5. The van der Waals surface area contributed by atoms with Crippen LogP contribution in [0.3, 0.4) is 0 Å². The van der Waals surface area contributed by atoms with Crippen LogP contribution in [0, 0.1) is 0 Å². The largest absolute Gasteiger partial charge is 0.497 e. The Balaban J connectivity index is 2.23. The van der Waals surface area contributed by atoms with Gasteiger partial charge in [0.1, 0.15) is 11.8 Å². The molecule has 18 heavy (non-hydrogen) atoms. The van der Waals surface area contributed by atoms with Crippen LogP contribution in [0.15, 0.2) is 24.3 Å². The molecule has 1 aromatic carbocycles. The summed E-state index contributed by atoms with van der Waals surface area (Å²) in [7, 11) is 2.81. The third-order valence-corrected chi connectivity index (χ3v) is 2.72. The van der Waals surface area contributed by atoms with Crippen molar-refractivity contribution in [2.75, 3.05) is 14.2 Å². The molecule has 1 N–H and O–H groups in total. The highest BCUT2D eigenvalue weighted by atomic mass is 16.6. The van der Waals surface area contributed by atoms with Crippen molar-refractivity contribution in [3.8, 4) is 5.75 Å². The third kappa shape index (κ3) is 2.22. The number of cyclic esters (lactones) is 1. The molecule has 2 rings (SSSR count). The lowest BCUT2D eigenvalue weighted by Gasteiger charge is -2.15. The number of alkyl carbamates (subject to hydrolysis) is 1. The Kier molecular flexibility index (Phi) is 3.36. The van der Waals surface area contributed by atoms with Crippen LogP contribution >= 0.6 is 0 Å². The molecule has 0 saturated carbocycles. The van der Waals surface area contributed by atoms with Gasteiger partial charge < -0.3 is 19.5 Å². The van der Waals surface area contributed by atoms with Gasteiger partial charge in [-0.2, -0.15) is 0 Å². The molecule has 1 aromatic rings. The van der Waals surface area contributed by atoms with Crippen molar-refractivity contribution in [1.82, 2.24) is 5.32 Å². The number of carbonyl (C=O) groups excluding carboxylic acids is 2. The van der Waals surface area contributed by atoms with Crippen LogP contribution in [0.2, 0.25) is 0 Å². The van der Waals surface area contributed by atoms with Crippen LogP contribution in [-0.4, -0.2) is 32.4 Å². The molecule has 1 fully saturated rings. The second-order valence-electron chi connectivity index (χ2n) is 3.74. The first kappa shape index (κ1) is 12.2. The molecule has 0 aromatic heterocycles. The van der Waals surface area contributed by atoms with E-state index >= 15 is 0 Å². The van der Waals surface area contributed by atoms with E-state index in [2.05, 4.69) is 10.1 Å². The molecule has 0 bridgehead atoms. The third-order valence-electron chi connectivity index (χ3n) is 2.72. The fourth-order valence-electron chi connectivity index (χ4n) is 1.79. The summed E-state index contributed by atoms with van der Waals surface area (Å²) in [5.41, 5.74) is 0.747. The summed E-state index contributed by atoms with van der Waals surface area (Å²) in [6, 6.07) is 6.46. The lowest BCUT2D eigenvalue weighted by Crippen LogP contribution is -2.30. The average Bonchev–Trinajstić information content (AvgIpc) is 2.80. The van der Waals surface area contributed by atoms with Crippen LogP contribution in [0.5, 0.6) is 5.75 Å². The zero-order valence-corrected chi connectivity index (χ0v) is 10.0. The molecule has 1 aliphatic heterocycles. The Hall–Kier alpha value is -2.24. The molecule has 2 unspecified atom stereocenters. The Labute approximate surface area is 104 Å². The summed E-state index contributed by atoms with van der Waals surface area (Å²) in [6.07, 6.45) is -1.60. The van der Waals surface area contributed by atoms with Gasteiger partial charge >= 0.3 is 12.1 Å². The molecule has 2 atom stereocenters. The molecule has 0 spiro atoms. The van der Waals surface area contributed by atoms with Crippen molar-refractivity contribution >= 4 is 12.1 Å². The van der Waals surface area contributed by atoms with Crippen molar-refractivity contribution in [1.29, 1.82) is 0 Å². The van der Waals surface area contributed by atoms with E-state index in [1.807, 2.05) is 0 Å². The van der Waals surface area contributed by atoms with Crippen LogP contribution in [0.1, 0.15) is 11.6 Å². The maximum Gasteiger partial charge on any atom is 0.408 e. The summed E-state index contributed by atoms with van der Waals surface area (Å²) < 4.78 is 14.5. The van der Waals surface area contributed by atoms with Crippen molar-refractivity contribution in [2.24, 2.45) is 0 Å². The zero-order chi connectivity index (χ0) is 13.1. The van der Waals surface area contributed by atoms with Crippen molar-refractivity contribution in [3.63, 3.8) is 0 Å². The Morgan fingerprint density at radius 1 is 1.28 bits per heavy atom. The average molecular weight is 251 g/mol. The minimum atomic E-state index is -0.962. The van der Waals surface area contributed by atoms with Crippen molar-refractivity contribution in [2.45, 2.75) is 12.1 Å². The minimum Gasteiger partial charge on any atom is -0.497 e. The lowest BCUT2D eigenvalue weighted by atomic mass is 10.0. The van der Waals surface area contributed by atoms with Crippen LogP contribution < -0.4 is 10.1 Å². The maximum absolute atomic E-state index is 11.5. The van der Waals surface area contributed by atoms with Crippen molar-refractivity contribution in [3.05, 3.63) is 29.8 Å².